The first-order valence-electron chi connectivity index (χ1n) is 6.65. The van der Waals surface area contributed by atoms with Gasteiger partial charge in [0.1, 0.15) is 10.7 Å². The Bertz CT molecular complexity index is 464. The molecule has 0 heterocycles. The molecule has 0 aliphatic rings. The monoisotopic (exact) mass is 299 g/mol. The van der Waals surface area contributed by atoms with Crippen molar-refractivity contribution < 1.29 is 4.92 Å². The van der Waals surface area contributed by atoms with Gasteiger partial charge < -0.3 is 9.80 Å². The molecule has 0 bridgehead atoms. The van der Waals surface area contributed by atoms with Crippen LogP contribution in [0.15, 0.2) is 18.2 Å². The molecule has 0 amide bonds. The summed E-state index contributed by atoms with van der Waals surface area (Å²) in [7, 11) is 3.97. The van der Waals surface area contributed by atoms with Gasteiger partial charge in [0.05, 0.1) is 4.92 Å². The van der Waals surface area contributed by atoms with Crippen LogP contribution in [0, 0.1) is 16.0 Å². The Morgan fingerprint density at radius 2 is 1.95 bits per heavy atom. The van der Waals surface area contributed by atoms with Crippen molar-refractivity contribution in [2.45, 2.75) is 13.8 Å². The lowest BCUT2D eigenvalue weighted by molar-refractivity contribution is -0.384. The number of halogens is 1. The van der Waals surface area contributed by atoms with Crippen LogP contribution in [-0.2, 0) is 0 Å². The number of nitro benzene ring substituents is 1. The van der Waals surface area contributed by atoms with Gasteiger partial charge in [-0.1, -0.05) is 31.5 Å². The molecular weight excluding hydrogens is 278 g/mol. The average molecular weight is 300 g/mol. The standard InChI is InChI=1S/C14H22ClN3O2/c1-11(2)10-17(9-8-16(3)4)13-7-5-6-12(15)14(13)18(19)20/h5-7,11H,8-10H2,1-4H3. The van der Waals surface area contributed by atoms with E-state index in [2.05, 4.69) is 18.7 Å². The van der Waals surface area contributed by atoms with Crippen molar-refractivity contribution in [3.05, 3.63) is 33.3 Å². The normalized spacial score (nSPS) is 11.2. The van der Waals surface area contributed by atoms with Crippen LogP contribution in [0.5, 0.6) is 0 Å². The molecule has 0 spiro atoms. The van der Waals surface area contributed by atoms with Gasteiger partial charge in [-0.3, -0.25) is 10.1 Å². The second-order valence-electron chi connectivity index (χ2n) is 5.51. The number of likely N-dealkylation sites (N-methyl/N-ethyl adjacent to an activating group) is 1. The first kappa shape index (κ1) is 16.7. The van der Waals surface area contributed by atoms with Gasteiger partial charge in [0.25, 0.3) is 0 Å². The van der Waals surface area contributed by atoms with Crippen molar-refractivity contribution >= 4 is 23.0 Å². The van der Waals surface area contributed by atoms with Crippen molar-refractivity contribution in [1.82, 2.24) is 4.90 Å². The highest BCUT2D eigenvalue weighted by atomic mass is 35.5. The molecule has 20 heavy (non-hydrogen) atoms. The zero-order valence-electron chi connectivity index (χ0n) is 12.5. The van der Waals surface area contributed by atoms with Crippen molar-refractivity contribution in [3.63, 3.8) is 0 Å². The first-order valence-corrected chi connectivity index (χ1v) is 7.03. The highest BCUT2D eigenvalue weighted by Crippen LogP contribution is 2.35. The maximum absolute atomic E-state index is 11.3. The minimum absolute atomic E-state index is 0.00595. The van der Waals surface area contributed by atoms with Gasteiger partial charge in [0.15, 0.2) is 0 Å². The quantitative estimate of drug-likeness (QED) is 0.573. The van der Waals surface area contributed by atoms with Crippen molar-refractivity contribution in [1.29, 1.82) is 0 Å². The van der Waals surface area contributed by atoms with Gasteiger partial charge in [0, 0.05) is 19.6 Å². The maximum Gasteiger partial charge on any atom is 0.310 e. The van der Waals surface area contributed by atoms with Gasteiger partial charge in [-0.05, 0) is 32.1 Å². The molecular formula is C14H22ClN3O2. The lowest BCUT2D eigenvalue weighted by atomic mass is 10.1. The van der Waals surface area contributed by atoms with E-state index in [1.165, 1.54) is 0 Å². The molecule has 0 aromatic heterocycles. The van der Waals surface area contributed by atoms with Crippen LogP contribution < -0.4 is 4.90 Å². The number of benzene rings is 1. The van der Waals surface area contributed by atoms with E-state index >= 15 is 0 Å². The predicted octanol–water partition coefficient (Wildman–Crippen LogP) is 3.27. The number of nitrogens with zero attached hydrogens (tertiary/aromatic N) is 3. The van der Waals surface area contributed by atoms with Crippen LogP contribution in [0.4, 0.5) is 11.4 Å². The highest BCUT2D eigenvalue weighted by molar-refractivity contribution is 6.33. The molecule has 0 N–H and O–H groups in total. The van der Waals surface area contributed by atoms with E-state index in [-0.39, 0.29) is 10.7 Å². The Morgan fingerprint density at radius 3 is 2.45 bits per heavy atom. The third-order valence-corrected chi connectivity index (χ3v) is 3.20. The molecule has 6 heteroatoms. The minimum Gasteiger partial charge on any atom is -0.364 e. The Hall–Kier alpha value is -1.33. The molecule has 0 aliphatic heterocycles. The predicted molar refractivity (Wildman–Crippen MR) is 83.7 cm³/mol. The summed E-state index contributed by atoms with van der Waals surface area (Å²) in [5, 5.41) is 11.4. The first-order chi connectivity index (χ1) is 9.32. The molecule has 0 unspecified atom stereocenters. The second-order valence-corrected chi connectivity index (χ2v) is 5.92. The van der Waals surface area contributed by atoms with E-state index < -0.39 is 4.92 Å². The van der Waals surface area contributed by atoms with Crippen LogP contribution in [0.3, 0.4) is 0 Å². The summed E-state index contributed by atoms with van der Waals surface area (Å²) in [5.74, 6) is 0.413. The molecule has 0 aliphatic carbocycles. The Balaban J connectivity index is 3.12. The van der Waals surface area contributed by atoms with Crippen LogP contribution in [0.25, 0.3) is 0 Å². The number of para-hydroxylation sites is 1. The Kier molecular flexibility index (Phi) is 6.23. The molecule has 1 aromatic rings. The summed E-state index contributed by atoms with van der Waals surface area (Å²) in [4.78, 5) is 14.9. The van der Waals surface area contributed by atoms with Gasteiger partial charge in [-0.15, -0.1) is 0 Å². The van der Waals surface area contributed by atoms with Gasteiger partial charge in [-0.25, -0.2) is 0 Å². The fourth-order valence-corrected chi connectivity index (χ4v) is 2.25. The van der Waals surface area contributed by atoms with Gasteiger partial charge in [0.2, 0.25) is 0 Å². The molecule has 112 valence electrons. The lowest BCUT2D eigenvalue weighted by Gasteiger charge is -2.28. The molecule has 1 aromatic carbocycles. The fourth-order valence-electron chi connectivity index (χ4n) is 2.01. The van der Waals surface area contributed by atoms with E-state index in [1.807, 2.05) is 19.0 Å². The molecule has 0 radical (unpaired) electrons. The number of rotatable bonds is 7. The summed E-state index contributed by atoms with van der Waals surface area (Å²) in [5.41, 5.74) is 0.589. The molecule has 0 fully saturated rings. The zero-order chi connectivity index (χ0) is 15.3. The average Bonchev–Trinajstić information content (AvgIpc) is 2.33. The van der Waals surface area contributed by atoms with E-state index in [9.17, 15) is 10.1 Å². The second kappa shape index (κ2) is 7.45. The minimum atomic E-state index is -0.402. The summed E-state index contributed by atoms with van der Waals surface area (Å²) >= 11 is 5.99. The SMILES string of the molecule is CC(C)CN(CCN(C)C)c1cccc(Cl)c1[N+](=O)[O-]. The van der Waals surface area contributed by atoms with Crippen LogP contribution in [0.1, 0.15) is 13.8 Å². The highest BCUT2D eigenvalue weighted by Gasteiger charge is 2.23. The van der Waals surface area contributed by atoms with E-state index in [4.69, 9.17) is 11.6 Å². The van der Waals surface area contributed by atoms with Crippen molar-refractivity contribution in [2.24, 2.45) is 5.92 Å². The molecule has 0 saturated carbocycles. The third kappa shape index (κ3) is 4.65. The third-order valence-electron chi connectivity index (χ3n) is 2.89. The molecule has 0 atom stereocenters. The molecule has 0 saturated heterocycles. The van der Waals surface area contributed by atoms with E-state index in [0.29, 0.717) is 11.6 Å². The number of anilines is 1. The van der Waals surface area contributed by atoms with Crippen LogP contribution >= 0.6 is 11.6 Å². The largest absolute Gasteiger partial charge is 0.364 e. The molecule has 5 nitrogen and oxygen atoms in total. The zero-order valence-corrected chi connectivity index (χ0v) is 13.2. The van der Waals surface area contributed by atoms with Crippen LogP contribution in [-0.4, -0.2) is 43.6 Å². The van der Waals surface area contributed by atoms with Gasteiger partial charge in [-0.2, -0.15) is 0 Å². The summed E-state index contributed by atoms with van der Waals surface area (Å²) < 4.78 is 0. The number of hydrogen-bond donors (Lipinski definition) is 0. The van der Waals surface area contributed by atoms with E-state index in [0.717, 1.165) is 19.6 Å². The molecule has 1 rings (SSSR count). The van der Waals surface area contributed by atoms with Gasteiger partial charge >= 0.3 is 5.69 Å². The summed E-state index contributed by atoms with van der Waals surface area (Å²) in [6, 6.07) is 5.08. The van der Waals surface area contributed by atoms with Crippen LogP contribution in [0.2, 0.25) is 5.02 Å². The number of nitro groups is 1. The summed E-state index contributed by atoms with van der Waals surface area (Å²) in [6.07, 6.45) is 0. The number of hydrogen-bond acceptors (Lipinski definition) is 4. The van der Waals surface area contributed by atoms with E-state index in [1.54, 1.807) is 18.2 Å². The Morgan fingerprint density at radius 1 is 1.30 bits per heavy atom. The topological polar surface area (TPSA) is 49.6 Å². The fraction of sp³-hybridized carbons (Fsp3) is 0.571. The summed E-state index contributed by atoms with van der Waals surface area (Å²) in [6.45, 7) is 6.51. The smallest absolute Gasteiger partial charge is 0.310 e. The lowest BCUT2D eigenvalue weighted by Crippen LogP contribution is -2.34. The van der Waals surface area contributed by atoms with Crippen molar-refractivity contribution in [2.75, 3.05) is 38.6 Å². The maximum atomic E-state index is 11.3. The Labute approximate surface area is 125 Å². The van der Waals surface area contributed by atoms with Crippen molar-refractivity contribution in [3.8, 4) is 0 Å².